The van der Waals surface area contributed by atoms with E-state index >= 15 is 0 Å². The molecule has 0 aromatic carbocycles. The predicted octanol–water partition coefficient (Wildman–Crippen LogP) is 26.8. The van der Waals surface area contributed by atoms with Gasteiger partial charge in [-0.25, -0.2) is 0 Å². The summed E-state index contributed by atoms with van der Waals surface area (Å²) in [4.78, 5) is 24.7. The molecular formula is C82H159NO5. The van der Waals surface area contributed by atoms with Crippen molar-refractivity contribution in [3.05, 3.63) is 24.3 Å². The highest BCUT2D eigenvalue weighted by Gasteiger charge is 2.20. The summed E-state index contributed by atoms with van der Waals surface area (Å²) < 4.78 is 5.50. The number of ether oxygens (including phenoxy) is 1. The smallest absolute Gasteiger partial charge is 0.305 e. The van der Waals surface area contributed by atoms with E-state index in [1.807, 2.05) is 0 Å². The lowest BCUT2D eigenvalue weighted by atomic mass is 10.0. The minimum Gasteiger partial charge on any atom is -0.466 e. The summed E-state index contributed by atoms with van der Waals surface area (Å²) in [7, 11) is 0. The topological polar surface area (TPSA) is 95.9 Å². The number of esters is 1. The summed E-state index contributed by atoms with van der Waals surface area (Å²) in [6.07, 6.45) is 99.9. The maximum Gasteiger partial charge on any atom is 0.305 e. The van der Waals surface area contributed by atoms with Crippen LogP contribution < -0.4 is 5.32 Å². The Labute approximate surface area is 551 Å². The van der Waals surface area contributed by atoms with Crippen LogP contribution >= 0.6 is 0 Å². The molecule has 0 bridgehead atoms. The molecule has 88 heavy (non-hydrogen) atoms. The lowest BCUT2D eigenvalue weighted by Crippen LogP contribution is -2.45. The van der Waals surface area contributed by atoms with Gasteiger partial charge >= 0.3 is 5.97 Å². The van der Waals surface area contributed by atoms with E-state index in [1.165, 1.54) is 379 Å². The second-order valence-electron chi connectivity index (χ2n) is 28.1. The molecule has 3 N–H and O–H groups in total. The number of unbranched alkanes of at least 4 members (excludes halogenated alkanes) is 62. The van der Waals surface area contributed by atoms with Crippen LogP contribution in [0.25, 0.3) is 0 Å². The molecule has 0 aliphatic carbocycles. The molecule has 0 radical (unpaired) electrons. The quantitative estimate of drug-likeness (QED) is 0.0320. The van der Waals surface area contributed by atoms with Crippen LogP contribution in [0.4, 0.5) is 0 Å². The van der Waals surface area contributed by atoms with Gasteiger partial charge in [0.25, 0.3) is 0 Å². The van der Waals surface area contributed by atoms with Gasteiger partial charge < -0.3 is 20.3 Å². The number of carbonyl (C=O) groups is 2. The molecule has 0 saturated carbocycles. The Morgan fingerprint density at radius 1 is 0.318 bits per heavy atom. The highest BCUT2D eigenvalue weighted by atomic mass is 16.5. The van der Waals surface area contributed by atoms with Gasteiger partial charge in [0.15, 0.2) is 0 Å². The van der Waals surface area contributed by atoms with Crippen molar-refractivity contribution in [2.75, 3.05) is 13.2 Å². The fourth-order valence-electron chi connectivity index (χ4n) is 13.1. The highest BCUT2D eigenvalue weighted by molar-refractivity contribution is 5.76. The molecule has 6 heteroatoms. The van der Waals surface area contributed by atoms with Crippen LogP contribution in [0.5, 0.6) is 0 Å². The van der Waals surface area contributed by atoms with Gasteiger partial charge in [-0.3, -0.25) is 9.59 Å². The maximum atomic E-state index is 12.6. The maximum absolute atomic E-state index is 12.6. The van der Waals surface area contributed by atoms with Crippen molar-refractivity contribution >= 4 is 11.9 Å². The van der Waals surface area contributed by atoms with E-state index in [0.29, 0.717) is 25.9 Å². The third-order valence-electron chi connectivity index (χ3n) is 19.3. The summed E-state index contributed by atoms with van der Waals surface area (Å²) in [6.45, 7) is 4.98. The first-order chi connectivity index (χ1) is 43.5. The highest BCUT2D eigenvalue weighted by Crippen LogP contribution is 2.20. The van der Waals surface area contributed by atoms with E-state index in [2.05, 4.69) is 43.5 Å². The third kappa shape index (κ3) is 73.4. The minimum absolute atomic E-state index is 0.00775. The lowest BCUT2D eigenvalue weighted by molar-refractivity contribution is -0.143. The van der Waals surface area contributed by atoms with Crippen LogP contribution in [0, 0.1) is 0 Å². The standard InChI is InChI=1S/C82H159NO5/c1-3-5-7-9-11-13-15-17-19-21-22-23-24-31-34-37-40-43-46-50-54-58-62-66-70-74-80(85)79(78-84)83-81(86)75-71-67-63-59-55-51-47-44-41-38-35-32-29-27-25-26-28-30-33-36-39-42-45-49-53-57-61-65-69-73-77-88-82(87)76-72-68-64-60-56-52-48-20-18-16-14-12-10-8-6-4-2/h14,16,20,48,79-80,84-85H,3-13,15,17-19,21-47,49-78H2,1-2H3,(H,83,86)/b16-14-,48-20-. The Hall–Kier alpha value is -1.66. The molecule has 1 amide bonds. The number of carbonyl (C=O) groups excluding carboxylic acids is 2. The molecule has 0 spiro atoms. The summed E-state index contributed by atoms with van der Waals surface area (Å²) in [5.74, 6) is -0.0173. The molecule has 0 aromatic heterocycles. The molecule has 0 heterocycles. The van der Waals surface area contributed by atoms with E-state index < -0.39 is 12.1 Å². The number of hydrogen-bond donors (Lipinski definition) is 3. The molecule has 0 saturated heterocycles. The van der Waals surface area contributed by atoms with E-state index in [4.69, 9.17) is 4.74 Å². The van der Waals surface area contributed by atoms with Gasteiger partial charge in [0, 0.05) is 12.8 Å². The number of rotatable bonds is 77. The Morgan fingerprint density at radius 2 is 0.568 bits per heavy atom. The molecule has 2 atom stereocenters. The second kappa shape index (κ2) is 77.8. The van der Waals surface area contributed by atoms with Gasteiger partial charge in [-0.15, -0.1) is 0 Å². The first kappa shape index (κ1) is 86.3. The van der Waals surface area contributed by atoms with E-state index in [0.717, 1.165) is 51.4 Å². The van der Waals surface area contributed by atoms with Crippen LogP contribution in [0.3, 0.4) is 0 Å². The second-order valence-corrected chi connectivity index (χ2v) is 28.1. The van der Waals surface area contributed by atoms with Crippen molar-refractivity contribution in [2.45, 2.75) is 475 Å². The van der Waals surface area contributed by atoms with Crippen molar-refractivity contribution in [2.24, 2.45) is 0 Å². The zero-order valence-electron chi connectivity index (χ0n) is 60.0. The predicted molar refractivity (Wildman–Crippen MR) is 389 cm³/mol. The van der Waals surface area contributed by atoms with Gasteiger partial charge in [-0.05, 0) is 57.8 Å². The zero-order valence-corrected chi connectivity index (χ0v) is 60.0. The van der Waals surface area contributed by atoms with Crippen LogP contribution in [0.2, 0.25) is 0 Å². The van der Waals surface area contributed by atoms with Crippen LogP contribution in [-0.4, -0.2) is 47.4 Å². The molecule has 0 aromatic rings. The van der Waals surface area contributed by atoms with Crippen molar-refractivity contribution < 1.29 is 24.5 Å². The molecular weight excluding hydrogens is 1080 g/mol. The number of aliphatic hydroxyl groups is 2. The van der Waals surface area contributed by atoms with Gasteiger partial charge in [0.1, 0.15) is 0 Å². The van der Waals surface area contributed by atoms with Gasteiger partial charge in [0.05, 0.1) is 25.4 Å². The van der Waals surface area contributed by atoms with Gasteiger partial charge in [-0.2, -0.15) is 0 Å². The summed E-state index contributed by atoms with van der Waals surface area (Å²) in [5.41, 5.74) is 0. The number of hydrogen-bond acceptors (Lipinski definition) is 5. The monoisotopic (exact) mass is 1240 g/mol. The van der Waals surface area contributed by atoms with E-state index in [9.17, 15) is 19.8 Å². The van der Waals surface area contributed by atoms with Gasteiger partial charge in [0.2, 0.25) is 5.91 Å². The SMILES string of the molecule is CCCCCC/C=C\C/C=C\CCCCCCCC(=O)OCCCCCCCCCCCCCCCCCCCCCCCCCCCCCCCCC(=O)NC(CO)C(O)CCCCCCCCCCCCCCCCCCCCCCCCCCC. The van der Waals surface area contributed by atoms with Gasteiger partial charge in [-0.1, -0.05) is 417 Å². The first-order valence-corrected chi connectivity index (χ1v) is 40.6. The minimum atomic E-state index is -0.663. The van der Waals surface area contributed by atoms with Crippen molar-refractivity contribution in [3.8, 4) is 0 Å². The number of allylic oxidation sites excluding steroid dienone is 4. The van der Waals surface area contributed by atoms with Crippen LogP contribution in [0.1, 0.15) is 463 Å². The van der Waals surface area contributed by atoms with Crippen molar-refractivity contribution in [3.63, 3.8) is 0 Å². The molecule has 522 valence electrons. The molecule has 0 fully saturated rings. The van der Waals surface area contributed by atoms with Crippen molar-refractivity contribution in [1.82, 2.24) is 5.32 Å². The molecule has 0 rings (SSSR count). The van der Waals surface area contributed by atoms with Crippen LogP contribution in [-0.2, 0) is 14.3 Å². The molecule has 2 unspecified atom stereocenters. The molecule has 0 aliphatic heterocycles. The summed E-state index contributed by atoms with van der Waals surface area (Å²) in [6, 6.07) is -0.540. The Bertz CT molecular complexity index is 1380. The van der Waals surface area contributed by atoms with Crippen LogP contribution in [0.15, 0.2) is 24.3 Å². The number of amides is 1. The Morgan fingerprint density at radius 3 is 0.875 bits per heavy atom. The van der Waals surface area contributed by atoms with Crippen molar-refractivity contribution in [1.29, 1.82) is 0 Å². The number of nitrogens with one attached hydrogen (secondary N) is 1. The number of aliphatic hydroxyl groups excluding tert-OH is 2. The first-order valence-electron chi connectivity index (χ1n) is 40.6. The Kier molecular flexibility index (Phi) is 76.3. The van der Waals surface area contributed by atoms with E-state index in [1.54, 1.807) is 0 Å². The average Bonchev–Trinajstić information content (AvgIpc) is 3.58. The van der Waals surface area contributed by atoms with E-state index in [-0.39, 0.29) is 18.5 Å². The zero-order chi connectivity index (χ0) is 63.5. The molecule has 0 aliphatic rings. The lowest BCUT2D eigenvalue weighted by Gasteiger charge is -2.22. The third-order valence-corrected chi connectivity index (χ3v) is 19.3. The summed E-state index contributed by atoms with van der Waals surface area (Å²) in [5, 5.41) is 23.5. The Balaban J connectivity index is 3.34. The normalized spacial score (nSPS) is 12.5. The largest absolute Gasteiger partial charge is 0.466 e. The molecule has 6 nitrogen and oxygen atoms in total. The fourth-order valence-corrected chi connectivity index (χ4v) is 13.1. The summed E-state index contributed by atoms with van der Waals surface area (Å²) >= 11 is 0. The fraction of sp³-hybridized carbons (Fsp3) is 0.927. The average molecular weight is 1240 g/mol.